The second-order valence-corrected chi connectivity index (χ2v) is 7.31. The Morgan fingerprint density at radius 3 is 2.41 bits per heavy atom. The fourth-order valence-corrected chi connectivity index (χ4v) is 4.10. The van der Waals surface area contributed by atoms with Crippen LogP contribution in [0.4, 0.5) is 0 Å². The number of carbonyl (C=O) groups excluding carboxylic acids is 3. The monoisotopic (exact) mass is 368 g/mol. The normalized spacial score (nSPS) is 20.2. The van der Waals surface area contributed by atoms with Crippen molar-refractivity contribution in [1.82, 2.24) is 19.7 Å². The van der Waals surface area contributed by atoms with E-state index in [4.69, 9.17) is 0 Å². The van der Waals surface area contributed by atoms with E-state index in [1.807, 2.05) is 47.7 Å². The van der Waals surface area contributed by atoms with Crippen LogP contribution in [0.2, 0.25) is 0 Å². The molecule has 3 amide bonds. The number of benzene rings is 1. The van der Waals surface area contributed by atoms with E-state index in [9.17, 15) is 14.4 Å². The number of piperazine rings is 1. The maximum atomic E-state index is 13.2. The molecule has 0 saturated carbocycles. The Kier molecular flexibility index (Phi) is 4.37. The van der Waals surface area contributed by atoms with Crippen molar-refractivity contribution >= 4 is 28.6 Å². The predicted octanol–water partition coefficient (Wildman–Crippen LogP) is 1.05. The minimum atomic E-state index is -0.403. The molecule has 0 bridgehead atoms. The Bertz CT molecular complexity index is 925. The number of carbonyl (C=O) groups is 3. The maximum absolute atomic E-state index is 13.2. The smallest absolute Gasteiger partial charge is 0.256 e. The van der Waals surface area contributed by atoms with E-state index in [2.05, 4.69) is 5.32 Å². The van der Waals surface area contributed by atoms with Gasteiger partial charge in [0.15, 0.2) is 0 Å². The summed E-state index contributed by atoms with van der Waals surface area (Å²) in [6, 6.07) is 7.52. The molecule has 0 aliphatic carbocycles. The third kappa shape index (κ3) is 2.97. The van der Waals surface area contributed by atoms with Gasteiger partial charge in [-0.25, -0.2) is 0 Å². The summed E-state index contributed by atoms with van der Waals surface area (Å²) in [7, 11) is 1.97. The van der Waals surface area contributed by atoms with E-state index in [1.54, 1.807) is 4.90 Å². The average molecular weight is 368 g/mol. The number of nitrogens with zero attached hydrogens (tertiary/aromatic N) is 3. The molecule has 2 aliphatic rings. The summed E-state index contributed by atoms with van der Waals surface area (Å²) in [4.78, 5) is 40.6. The van der Waals surface area contributed by atoms with Crippen molar-refractivity contribution in [2.45, 2.75) is 25.8 Å². The predicted molar refractivity (Wildman–Crippen MR) is 101 cm³/mol. The molecule has 0 spiro atoms. The maximum Gasteiger partial charge on any atom is 0.256 e. The van der Waals surface area contributed by atoms with Crippen molar-refractivity contribution < 1.29 is 14.4 Å². The Labute approximate surface area is 157 Å². The van der Waals surface area contributed by atoms with Crippen molar-refractivity contribution in [3.8, 4) is 0 Å². The topological polar surface area (TPSA) is 74.7 Å². The van der Waals surface area contributed by atoms with Gasteiger partial charge in [0.05, 0.1) is 5.56 Å². The van der Waals surface area contributed by atoms with E-state index in [1.165, 1.54) is 0 Å². The largest absolute Gasteiger partial charge is 0.347 e. The molecule has 2 fully saturated rings. The first kappa shape index (κ1) is 17.6. The molecule has 2 aromatic rings. The molecule has 1 unspecified atom stereocenters. The summed E-state index contributed by atoms with van der Waals surface area (Å²) >= 11 is 0. The summed E-state index contributed by atoms with van der Waals surface area (Å²) < 4.78 is 2.05. The molecular weight excluding hydrogens is 344 g/mol. The lowest BCUT2D eigenvalue weighted by molar-refractivity contribution is -0.135. The fourth-order valence-electron chi connectivity index (χ4n) is 4.10. The van der Waals surface area contributed by atoms with Crippen LogP contribution >= 0.6 is 0 Å². The van der Waals surface area contributed by atoms with Crippen LogP contribution in [0.5, 0.6) is 0 Å². The molecule has 4 rings (SSSR count). The van der Waals surface area contributed by atoms with Gasteiger partial charge in [-0.2, -0.15) is 0 Å². The van der Waals surface area contributed by atoms with Gasteiger partial charge in [-0.3, -0.25) is 14.4 Å². The van der Waals surface area contributed by atoms with Crippen molar-refractivity contribution in [1.29, 1.82) is 0 Å². The molecule has 1 N–H and O–H groups in total. The molecule has 27 heavy (non-hydrogen) atoms. The Morgan fingerprint density at radius 2 is 1.74 bits per heavy atom. The number of fused-ring (bicyclic) bond motifs is 1. The third-order valence-corrected chi connectivity index (χ3v) is 5.79. The van der Waals surface area contributed by atoms with Crippen LogP contribution in [0.1, 0.15) is 28.9 Å². The van der Waals surface area contributed by atoms with Crippen molar-refractivity contribution in [3.05, 3.63) is 35.5 Å². The third-order valence-electron chi connectivity index (χ3n) is 5.79. The number of hydrogen-bond donors (Lipinski definition) is 1. The van der Waals surface area contributed by atoms with Gasteiger partial charge in [-0.15, -0.1) is 0 Å². The van der Waals surface area contributed by atoms with Gasteiger partial charge in [0.25, 0.3) is 5.91 Å². The zero-order valence-corrected chi connectivity index (χ0v) is 15.7. The summed E-state index contributed by atoms with van der Waals surface area (Å²) in [6.45, 7) is 3.99. The number of hydrogen-bond acceptors (Lipinski definition) is 3. The molecular formula is C20H24N4O3. The summed E-state index contributed by atoms with van der Waals surface area (Å²) in [5, 5.41) is 3.69. The van der Waals surface area contributed by atoms with E-state index < -0.39 is 6.04 Å². The lowest BCUT2D eigenvalue weighted by Crippen LogP contribution is -2.54. The zero-order valence-electron chi connectivity index (χ0n) is 15.7. The SMILES string of the molecule is Cc1c(C(=O)N2CCN(C(=O)C3CCC(=O)N3)CC2)c2ccccc2n1C. The van der Waals surface area contributed by atoms with E-state index >= 15 is 0 Å². The molecule has 1 aromatic carbocycles. The average Bonchev–Trinajstić information content (AvgIpc) is 3.23. The minimum Gasteiger partial charge on any atom is -0.347 e. The summed E-state index contributed by atoms with van der Waals surface area (Å²) in [6.07, 6.45) is 0.973. The van der Waals surface area contributed by atoms with Gasteiger partial charge in [-0.05, 0) is 19.4 Å². The van der Waals surface area contributed by atoms with Crippen LogP contribution < -0.4 is 5.32 Å². The van der Waals surface area contributed by atoms with Crippen molar-refractivity contribution in [3.63, 3.8) is 0 Å². The fraction of sp³-hybridized carbons (Fsp3) is 0.450. The van der Waals surface area contributed by atoms with Crippen LogP contribution in [0.25, 0.3) is 10.9 Å². The zero-order chi connectivity index (χ0) is 19.1. The highest BCUT2D eigenvalue weighted by Crippen LogP contribution is 2.26. The number of nitrogens with one attached hydrogen (secondary N) is 1. The van der Waals surface area contributed by atoms with Crippen LogP contribution in [-0.4, -0.2) is 64.3 Å². The second kappa shape index (κ2) is 6.72. The highest BCUT2D eigenvalue weighted by molar-refractivity contribution is 6.08. The second-order valence-electron chi connectivity index (χ2n) is 7.31. The first-order valence-electron chi connectivity index (χ1n) is 9.39. The number of aromatic nitrogens is 1. The molecule has 7 heteroatoms. The molecule has 7 nitrogen and oxygen atoms in total. The lowest BCUT2D eigenvalue weighted by atomic mass is 10.1. The highest BCUT2D eigenvalue weighted by Gasteiger charge is 2.33. The molecule has 142 valence electrons. The number of amides is 3. The summed E-state index contributed by atoms with van der Waals surface area (Å²) in [5.74, 6) is -0.0755. The van der Waals surface area contributed by atoms with Gasteiger partial charge in [0.1, 0.15) is 6.04 Å². The van der Waals surface area contributed by atoms with Crippen LogP contribution in [0.3, 0.4) is 0 Å². The number of aryl methyl sites for hydroxylation is 1. The van der Waals surface area contributed by atoms with E-state index in [0.29, 0.717) is 39.0 Å². The molecule has 2 saturated heterocycles. The number of rotatable bonds is 2. The first-order chi connectivity index (χ1) is 13.0. The molecule has 2 aliphatic heterocycles. The molecule has 0 radical (unpaired) electrons. The van der Waals surface area contributed by atoms with Crippen LogP contribution in [0.15, 0.2) is 24.3 Å². The Morgan fingerprint density at radius 1 is 1.07 bits per heavy atom. The van der Waals surface area contributed by atoms with Gasteiger partial charge in [0.2, 0.25) is 11.8 Å². The van der Waals surface area contributed by atoms with Gasteiger partial charge < -0.3 is 19.7 Å². The molecule has 1 atom stereocenters. The van der Waals surface area contributed by atoms with Gasteiger partial charge in [-0.1, -0.05) is 18.2 Å². The molecule has 3 heterocycles. The van der Waals surface area contributed by atoms with Crippen molar-refractivity contribution in [2.75, 3.05) is 26.2 Å². The van der Waals surface area contributed by atoms with Crippen molar-refractivity contribution in [2.24, 2.45) is 7.05 Å². The van der Waals surface area contributed by atoms with Gasteiger partial charge in [0, 0.05) is 56.2 Å². The van der Waals surface area contributed by atoms with Crippen LogP contribution in [-0.2, 0) is 16.6 Å². The van der Waals surface area contributed by atoms with E-state index in [-0.39, 0.29) is 17.7 Å². The lowest BCUT2D eigenvalue weighted by Gasteiger charge is -2.36. The minimum absolute atomic E-state index is 0.0190. The van der Waals surface area contributed by atoms with Crippen LogP contribution in [0, 0.1) is 6.92 Å². The Hall–Kier alpha value is -2.83. The Balaban J connectivity index is 1.47. The summed E-state index contributed by atoms with van der Waals surface area (Å²) in [5.41, 5.74) is 2.74. The molecule has 1 aromatic heterocycles. The van der Waals surface area contributed by atoms with E-state index in [0.717, 1.165) is 22.2 Å². The quantitative estimate of drug-likeness (QED) is 0.861. The number of para-hydroxylation sites is 1. The first-order valence-corrected chi connectivity index (χ1v) is 9.39. The standard InChI is InChI=1S/C20H24N4O3/c1-13-18(14-5-3-4-6-16(14)22(13)2)20(27)24-11-9-23(10-12-24)19(26)15-7-8-17(25)21-15/h3-6,15H,7-12H2,1-2H3,(H,21,25). The van der Waals surface area contributed by atoms with Gasteiger partial charge >= 0.3 is 0 Å². The highest BCUT2D eigenvalue weighted by atomic mass is 16.2.